The van der Waals surface area contributed by atoms with Gasteiger partial charge in [-0.3, -0.25) is 4.79 Å². The fraction of sp³-hybridized carbons (Fsp3) is 0.188. The van der Waals surface area contributed by atoms with Crippen molar-refractivity contribution in [2.24, 2.45) is 0 Å². The first-order valence-corrected chi connectivity index (χ1v) is 9.19. The van der Waals surface area contributed by atoms with Gasteiger partial charge in [0.25, 0.3) is 0 Å². The molecule has 0 fully saturated rings. The fourth-order valence-electron chi connectivity index (χ4n) is 1.92. The average Bonchev–Trinajstić information content (AvgIpc) is 3.30. The Bertz CT molecular complexity index is 820. The minimum atomic E-state index is -0.0843. The number of anilines is 2. The van der Waals surface area contributed by atoms with Crippen molar-refractivity contribution in [3.8, 4) is 5.75 Å². The molecule has 3 rings (SSSR count). The number of nitrogens with one attached hydrogen (secondary N) is 2. The fourth-order valence-corrected chi connectivity index (χ4v) is 3.52. The minimum absolute atomic E-state index is 0.0843. The number of thioether (sulfide) groups is 1. The minimum Gasteiger partial charge on any atom is -0.497 e. The van der Waals surface area contributed by atoms with E-state index >= 15 is 0 Å². The van der Waals surface area contributed by atoms with E-state index in [-0.39, 0.29) is 11.7 Å². The van der Waals surface area contributed by atoms with Crippen LogP contribution in [0.5, 0.6) is 5.75 Å². The first-order valence-electron chi connectivity index (χ1n) is 7.39. The number of hydrogen-bond donors (Lipinski definition) is 2. The molecule has 0 unspecified atom stereocenters. The van der Waals surface area contributed by atoms with Crippen LogP contribution in [0.2, 0.25) is 0 Å². The molecule has 0 aliphatic carbocycles. The molecule has 0 bridgehead atoms. The van der Waals surface area contributed by atoms with Crippen molar-refractivity contribution in [1.82, 2.24) is 15.5 Å². The van der Waals surface area contributed by atoms with E-state index in [9.17, 15) is 4.79 Å². The molecule has 7 nitrogen and oxygen atoms in total. The summed E-state index contributed by atoms with van der Waals surface area (Å²) >= 11 is 2.73. The van der Waals surface area contributed by atoms with Crippen molar-refractivity contribution >= 4 is 39.8 Å². The summed E-state index contributed by atoms with van der Waals surface area (Å²) in [6, 6.07) is 11.1. The van der Waals surface area contributed by atoms with Crippen molar-refractivity contribution in [3.05, 3.63) is 48.4 Å². The molecule has 0 aliphatic heterocycles. The van der Waals surface area contributed by atoms with Gasteiger partial charge in [0, 0.05) is 11.8 Å². The second kappa shape index (κ2) is 8.54. The molecule has 0 spiro atoms. The lowest BCUT2D eigenvalue weighted by Gasteiger charge is -2.04. The highest BCUT2D eigenvalue weighted by Crippen LogP contribution is 2.28. The van der Waals surface area contributed by atoms with Gasteiger partial charge in [-0.25, -0.2) is 0 Å². The normalized spacial score (nSPS) is 10.4. The Morgan fingerprint density at radius 2 is 2.24 bits per heavy atom. The first-order chi connectivity index (χ1) is 12.2. The van der Waals surface area contributed by atoms with Crippen molar-refractivity contribution in [1.29, 1.82) is 0 Å². The van der Waals surface area contributed by atoms with E-state index in [0.29, 0.717) is 11.7 Å². The van der Waals surface area contributed by atoms with E-state index < -0.39 is 0 Å². The maximum absolute atomic E-state index is 11.8. The van der Waals surface area contributed by atoms with Crippen LogP contribution in [0.15, 0.2) is 51.4 Å². The van der Waals surface area contributed by atoms with E-state index in [1.165, 1.54) is 23.1 Å². The second-order valence-electron chi connectivity index (χ2n) is 4.87. The van der Waals surface area contributed by atoms with Crippen molar-refractivity contribution in [3.63, 3.8) is 0 Å². The topological polar surface area (TPSA) is 89.3 Å². The number of furan rings is 1. The molecule has 2 heterocycles. The van der Waals surface area contributed by atoms with Gasteiger partial charge in [0.05, 0.1) is 25.7 Å². The Labute approximate surface area is 152 Å². The van der Waals surface area contributed by atoms with Gasteiger partial charge in [0.15, 0.2) is 4.34 Å². The Balaban J connectivity index is 1.47. The van der Waals surface area contributed by atoms with Gasteiger partial charge in [-0.1, -0.05) is 29.2 Å². The lowest BCUT2D eigenvalue weighted by atomic mass is 10.3. The van der Waals surface area contributed by atoms with Crippen LogP contribution < -0.4 is 15.4 Å². The van der Waals surface area contributed by atoms with Crippen LogP contribution in [0, 0.1) is 0 Å². The van der Waals surface area contributed by atoms with E-state index in [2.05, 4.69) is 20.8 Å². The molecular weight excluding hydrogens is 360 g/mol. The third-order valence-corrected chi connectivity index (χ3v) is 5.07. The Hall–Kier alpha value is -2.52. The number of hydrogen-bond acceptors (Lipinski definition) is 8. The zero-order chi connectivity index (χ0) is 17.5. The lowest BCUT2D eigenvalue weighted by Crippen LogP contribution is -2.24. The number of carbonyl (C=O) groups is 1. The number of ether oxygens (including phenoxy) is 1. The maximum atomic E-state index is 11.8. The third-order valence-electron chi connectivity index (χ3n) is 3.09. The number of nitrogens with zero attached hydrogens (tertiary/aromatic N) is 2. The summed E-state index contributed by atoms with van der Waals surface area (Å²) in [5, 5.41) is 14.8. The summed E-state index contributed by atoms with van der Waals surface area (Å²) in [4.78, 5) is 11.8. The molecule has 1 amide bonds. The molecule has 0 atom stereocenters. The predicted octanol–water partition coefficient (Wildman–Crippen LogP) is 3.29. The number of carbonyl (C=O) groups excluding carboxylic acids is 1. The second-order valence-corrected chi connectivity index (χ2v) is 7.07. The molecule has 130 valence electrons. The van der Waals surface area contributed by atoms with Crippen LogP contribution in [0.25, 0.3) is 0 Å². The van der Waals surface area contributed by atoms with Crippen LogP contribution in [0.3, 0.4) is 0 Å². The van der Waals surface area contributed by atoms with E-state index in [1.807, 2.05) is 30.3 Å². The summed E-state index contributed by atoms with van der Waals surface area (Å²) in [6.07, 6.45) is 1.58. The predicted molar refractivity (Wildman–Crippen MR) is 97.5 cm³/mol. The lowest BCUT2D eigenvalue weighted by molar-refractivity contribution is -0.118. The van der Waals surface area contributed by atoms with Crippen molar-refractivity contribution in [2.75, 3.05) is 18.2 Å². The quantitative estimate of drug-likeness (QED) is 0.583. The van der Waals surface area contributed by atoms with Gasteiger partial charge in [-0.15, -0.1) is 10.2 Å². The number of benzene rings is 1. The molecule has 9 heteroatoms. The Kier molecular flexibility index (Phi) is 5.91. The first kappa shape index (κ1) is 17.3. The van der Waals surface area contributed by atoms with Crippen molar-refractivity contribution in [2.45, 2.75) is 10.9 Å². The Morgan fingerprint density at radius 1 is 1.32 bits per heavy atom. The van der Waals surface area contributed by atoms with Gasteiger partial charge in [-0.05, 0) is 24.3 Å². The Morgan fingerprint density at radius 3 is 3.04 bits per heavy atom. The molecule has 1 aromatic carbocycles. The molecule has 0 saturated carbocycles. The van der Waals surface area contributed by atoms with Crippen molar-refractivity contribution < 1.29 is 13.9 Å². The molecule has 0 radical (unpaired) electrons. The molecule has 2 N–H and O–H groups in total. The van der Waals surface area contributed by atoms with Gasteiger partial charge in [0.1, 0.15) is 11.5 Å². The molecule has 2 aromatic heterocycles. The van der Waals surface area contributed by atoms with Gasteiger partial charge in [-0.2, -0.15) is 0 Å². The van der Waals surface area contributed by atoms with E-state index in [1.54, 1.807) is 19.4 Å². The number of amides is 1. The highest BCUT2D eigenvalue weighted by Gasteiger charge is 2.09. The standard InChI is InChI=1S/C16H16N4O3S2/c1-22-12-5-2-4-11(8-12)18-15-19-20-16(25-15)24-10-14(21)17-9-13-6-3-7-23-13/h2-8H,9-10H2,1H3,(H,17,21)(H,18,19). The summed E-state index contributed by atoms with van der Waals surface area (Å²) in [6.45, 7) is 0.380. The number of methoxy groups -OCH3 is 1. The largest absolute Gasteiger partial charge is 0.497 e. The summed E-state index contributed by atoms with van der Waals surface area (Å²) in [5.74, 6) is 1.67. The molecule has 0 aliphatic rings. The van der Waals surface area contributed by atoms with Gasteiger partial charge in [0.2, 0.25) is 11.0 Å². The van der Waals surface area contributed by atoms with Gasteiger partial charge < -0.3 is 19.8 Å². The maximum Gasteiger partial charge on any atom is 0.230 e. The van der Waals surface area contributed by atoms with Gasteiger partial charge >= 0.3 is 0 Å². The number of rotatable bonds is 8. The summed E-state index contributed by atoms with van der Waals surface area (Å²) in [5.41, 5.74) is 0.864. The van der Waals surface area contributed by atoms with Crippen LogP contribution >= 0.6 is 23.1 Å². The average molecular weight is 376 g/mol. The highest BCUT2D eigenvalue weighted by atomic mass is 32.2. The number of aromatic nitrogens is 2. The van der Waals surface area contributed by atoms with E-state index in [0.717, 1.165) is 21.5 Å². The SMILES string of the molecule is COc1cccc(Nc2nnc(SCC(=O)NCc3ccco3)s2)c1. The smallest absolute Gasteiger partial charge is 0.230 e. The highest BCUT2D eigenvalue weighted by molar-refractivity contribution is 8.01. The van der Waals surface area contributed by atoms with Crippen LogP contribution in [-0.2, 0) is 11.3 Å². The van der Waals surface area contributed by atoms with Crippen LogP contribution in [0.4, 0.5) is 10.8 Å². The molecular formula is C16H16N4O3S2. The van der Waals surface area contributed by atoms with E-state index in [4.69, 9.17) is 9.15 Å². The third kappa shape index (κ3) is 5.23. The summed E-state index contributed by atoms with van der Waals surface area (Å²) < 4.78 is 11.1. The zero-order valence-electron chi connectivity index (χ0n) is 13.4. The summed E-state index contributed by atoms with van der Waals surface area (Å²) in [7, 11) is 1.62. The monoisotopic (exact) mass is 376 g/mol. The molecule has 3 aromatic rings. The van der Waals surface area contributed by atoms with Crippen LogP contribution in [0.1, 0.15) is 5.76 Å². The molecule has 0 saturated heterocycles. The zero-order valence-corrected chi connectivity index (χ0v) is 15.0. The molecule has 25 heavy (non-hydrogen) atoms. The van der Waals surface area contributed by atoms with Crippen LogP contribution in [-0.4, -0.2) is 29.0 Å².